The molecular weight excluding hydrogens is 344 g/mol. The van der Waals surface area contributed by atoms with Gasteiger partial charge in [0, 0.05) is 29.9 Å². The van der Waals surface area contributed by atoms with E-state index in [4.69, 9.17) is 11.6 Å². The minimum atomic E-state index is 0.174. The highest BCUT2D eigenvalue weighted by atomic mass is 35.5. The Hall–Kier alpha value is -1.66. The highest BCUT2D eigenvalue weighted by molar-refractivity contribution is 7.13. The lowest BCUT2D eigenvalue weighted by Crippen LogP contribution is -2.33. The molecule has 1 saturated heterocycles. The molecule has 126 valence electrons. The molecule has 5 nitrogen and oxygen atoms in total. The van der Waals surface area contributed by atoms with Gasteiger partial charge < -0.3 is 10.2 Å². The molecule has 2 aromatic rings. The maximum absolute atomic E-state index is 12.7. The molecule has 1 amide bonds. The molecule has 0 spiro atoms. The zero-order chi connectivity index (χ0) is 16.7. The Bertz CT molecular complexity index is 747. The van der Waals surface area contributed by atoms with Crippen LogP contribution in [0.15, 0.2) is 24.3 Å². The topological polar surface area (TPSA) is 58.1 Å². The van der Waals surface area contributed by atoms with E-state index < -0.39 is 0 Å². The first kappa shape index (κ1) is 15.8. The van der Waals surface area contributed by atoms with Gasteiger partial charge in [-0.15, -0.1) is 21.5 Å². The van der Waals surface area contributed by atoms with Crippen LogP contribution in [0.3, 0.4) is 0 Å². The number of anilines is 1. The van der Waals surface area contributed by atoms with Crippen molar-refractivity contribution < 1.29 is 4.79 Å². The zero-order valence-corrected chi connectivity index (χ0v) is 15.0. The second kappa shape index (κ2) is 6.33. The van der Waals surface area contributed by atoms with Crippen molar-refractivity contribution in [2.75, 3.05) is 18.4 Å². The van der Waals surface area contributed by atoms with Crippen molar-refractivity contribution in [3.8, 4) is 0 Å². The van der Waals surface area contributed by atoms with Crippen LogP contribution in [0.4, 0.5) is 5.82 Å². The summed E-state index contributed by atoms with van der Waals surface area (Å²) in [5.41, 5.74) is 0. The summed E-state index contributed by atoms with van der Waals surface area (Å²) in [5, 5.41) is 11.8. The molecule has 24 heavy (non-hydrogen) atoms. The smallest absolute Gasteiger partial charge is 0.263 e. The molecular formula is C17H19ClN4OS. The molecule has 1 aliphatic carbocycles. The number of carbonyl (C=O) groups excluding carboxylic acids is 1. The number of amides is 1. The highest BCUT2D eigenvalue weighted by Crippen LogP contribution is 2.40. The van der Waals surface area contributed by atoms with Crippen molar-refractivity contribution >= 4 is 34.7 Å². The summed E-state index contributed by atoms with van der Waals surface area (Å²) in [7, 11) is 0. The fourth-order valence-electron chi connectivity index (χ4n) is 3.90. The molecule has 3 heterocycles. The second-order valence-electron chi connectivity index (χ2n) is 6.61. The molecule has 2 fully saturated rings. The Morgan fingerprint density at radius 2 is 2.12 bits per heavy atom. The first-order chi connectivity index (χ1) is 11.6. The molecule has 0 aromatic carbocycles. The number of halogens is 1. The molecule has 7 heteroatoms. The summed E-state index contributed by atoms with van der Waals surface area (Å²) >= 11 is 7.36. The van der Waals surface area contributed by atoms with Gasteiger partial charge in [0.05, 0.1) is 4.88 Å². The SMILES string of the molecule is Cc1ccc(C(=O)N2C[C@@H]3CC[C@@H](Nc4ccc(Cl)nn4)[C@@H]3C2)s1. The summed E-state index contributed by atoms with van der Waals surface area (Å²) in [6.45, 7) is 3.72. The van der Waals surface area contributed by atoms with E-state index in [9.17, 15) is 4.79 Å². The maximum atomic E-state index is 12.7. The van der Waals surface area contributed by atoms with Crippen LogP contribution in [0.1, 0.15) is 27.4 Å². The van der Waals surface area contributed by atoms with E-state index in [0.717, 1.165) is 36.6 Å². The highest BCUT2D eigenvalue weighted by Gasteiger charge is 2.44. The summed E-state index contributed by atoms with van der Waals surface area (Å²) in [6, 6.07) is 7.89. The predicted octanol–water partition coefficient (Wildman–Crippen LogP) is 3.46. The largest absolute Gasteiger partial charge is 0.365 e. The molecule has 0 bridgehead atoms. The van der Waals surface area contributed by atoms with Crippen LogP contribution < -0.4 is 5.32 Å². The average molecular weight is 363 g/mol. The molecule has 2 aromatic heterocycles. The van der Waals surface area contributed by atoms with Crippen molar-refractivity contribution in [2.24, 2.45) is 11.8 Å². The number of aromatic nitrogens is 2. The number of likely N-dealkylation sites (tertiary alicyclic amines) is 1. The van der Waals surface area contributed by atoms with Crippen molar-refractivity contribution in [1.29, 1.82) is 0 Å². The minimum Gasteiger partial charge on any atom is -0.365 e. The lowest BCUT2D eigenvalue weighted by Gasteiger charge is -2.21. The lowest BCUT2D eigenvalue weighted by molar-refractivity contribution is 0.0785. The monoisotopic (exact) mass is 362 g/mol. The van der Waals surface area contributed by atoms with Crippen LogP contribution in [-0.4, -0.2) is 40.1 Å². The fourth-order valence-corrected chi connectivity index (χ4v) is 4.83. The molecule has 1 aliphatic heterocycles. The Morgan fingerprint density at radius 3 is 2.83 bits per heavy atom. The maximum Gasteiger partial charge on any atom is 0.263 e. The number of thiophene rings is 1. The average Bonchev–Trinajstić information content (AvgIpc) is 3.26. The van der Waals surface area contributed by atoms with Crippen molar-refractivity contribution in [3.63, 3.8) is 0 Å². The van der Waals surface area contributed by atoms with Gasteiger partial charge in [-0.3, -0.25) is 4.79 Å². The molecule has 0 unspecified atom stereocenters. The number of hydrogen-bond donors (Lipinski definition) is 1. The molecule has 2 aliphatic rings. The van der Waals surface area contributed by atoms with E-state index in [0.29, 0.717) is 23.0 Å². The normalized spacial score (nSPS) is 25.8. The molecule has 3 atom stereocenters. The van der Waals surface area contributed by atoms with Gasteiger partial charge in [0.1, 0.15) is 5.82 Å². The van der Waals surface area contributed by atoms with Gasteiger partial charge in [-0.05, 0) is 49.9 Å². The van der Waals surface area contributed by atoms with Gasteiger partial charge in [0.25, 0.3) is 5.91 Å². The van der Waals surface area contributed by atoms with Crippen molar-refractivity contribution in [1.82, 2.24) is 15.1 Å². The van der Waals surface area contributed by atoms with E-state index in [-0.39, 0.29) is 5.91 Å². The van der Waals surface area contributed by atoms with Gasteiger partial charge in [-0.25, -0.2) is 0 Å². The predicted molar refractivity (Wildman–Crippen MR) is 95.6 cm³/mol. The van der Waals surface area contributed by atoms with Crippen molar-refractivity contribution in [2.45, 2.75) is 25.8 Å². The molecule has 4 rings (SSSR count). The van der Waals surface area contributed by atoms with E-state index >= 15 is 0 Å². The van der Waals surface area contributed by atoms with Crippen LogP contribution >= 0.6 is 22.9 Å². The van der Waals surface area contributed by atoms with Gasteiger partial charge >= 0.3 is 0 Å². The van der Waals surface area contributed by atoms with Gasteiger partial charge in [0.2, 0.25) is 0 Å². The number of nitrogens with zero attached hydrogens (tertiary/aromatic N) is 3. The van der Waals surface area contributed by atoms with Crippen LogP contribution in [-0.2, 0) is 0 Å². The van der Waals surface area contributed by atoms with Crippen LogP contribution in [0.25, 0.3) is 0 Å². The molecule has 0 radical (unpaired) electrons. The van der Waals surface area contributed by atoms with E-state index in [1.54, 1.807) is 17.4 Å². The van der Waals surface area contributed by atoms with Gasteiger partial charge in [0.15, 0.2) is 5.15 Å². The second-order valence-corrected chi connectivity index (χ2v) is 8.29. The molecule has 1 saturated carbocycles. The number of aryl methyl sites for hydroxylation is 1. The molecule has 1 N–H and O–H groups in total. The number of hydrogen-bond acceptors (Lipinski definition) is 5. The van der Waals surface area contributed by atoms with E-state index in [1.165, 1.54) is 4.88 Å². The number of rotatable bonds is 3. The standard InChI is InChI=1S/C17H19ClN4OS/c1-10-2-5-14(24-10)17(23)22-8-11-3-4-13(12(11)9-22)19-16-7-6-15(18)20-21-16/h2,5-7,11-13H,3-4,8-9H2,1H3,(H,19,21)/t11-,12+,13+/m0/s1. The minimum absolute atomic E-state index is 0.174. The fraction of sp³-hybridized carbons (Fsp3) is 0.471. The van der Waals surface area contributed by atoms with Gasteiger partial charge in [-0.1, -0.05) is 11.6 Å². The van der Waals surface area contributed by atoms with E-state index in [1.807, 2.05) is 30.0 Å². The Balaban J connectivity index is 1.43. The van der Waals surface area contributed by atoms with Crippen LogP contribution in [0, 0.1) is 18.8 Å². The zero-order valence-electron chi connectivity index (χ0n) is 13.4. The van der Waals surface area contributed by atoms with Crippen molar-refractivity contribution in [3.05, 3.63) is 39.2 Å². The third-order valence-electron chi connectivity index (χ3n) is 5.06. The number of fused-ring (bicyclic) bond motifs is 1. The quantitative estimate of drug-likeness (QED) is 0.908. The van der Waals surface area contributed by atoms with E-state index in [2.05, 4.69) is 15.5 Å². The van der Waals surface area contributed by atoms with Crippen LogP contribution in [0.2, 0.25) is 5.15 Å². The summed E-state index contributed by atoms with van der Waals surface area (Å²) < 4.78 is 0. The van der Waals surface area contributed by atoms with Crippen LogP contribution in [0.5, 0.6) is 0 Å². The third-order valence-corrected chi connectivity index (χ3v) is 6.25. The third kappa shape index (κ3) is 3.00. The Morgan fingerprint density at radius 1 is 1.25 bits per heavy atom. The number of nitrogens with one attached hydrogen (secondary N) is 1. The number of carbonyl (C=O) groups is 1. The first-order valence-corrected chi connectivity index (χ1v) is 9.41. The summed E-state index contributed by atoms with van der Waals surface area (Å²) in [6.07, 6.45) is 2.26. The summed E-state index contributed by atoms with van der Waals surface area (Å²) in [5.74, 6) is 1.98. The lowest BCUT2D eigenvalue weighted by atomic mass is 9.98. The van der Waals surface area contributed by atoms with Gasteiger partial charge in [-0.2, -0.15) is 0 Å². The Labute approximate surface area is 150 Å². The first-order valence-electron chi connectivity index (χ1n) is 8.21. The summed E-state index contributed by atoms with van der Waals surface area (Å²) in [4.78, 5) is 16.7. The Kier molecular flexibility index (Phi) is 4.18.